The Hall–Kier alpha value is -0.0800. The highest BCUT2D eigenvalue weighted by molar-refractivity contribution is 5.07. The van der Waals surface area contributed by atoms with Gasteiger partial charge in [-0.15, -0.1) is 0 Å². The second kappa shape index (κ2) is 5.98. The molecule has 2 heteroatoms. The summed E-state index contributed by atoms with van der Waals surface area (Å²) in [5.41, 5.74) is 0.0101. The molecular weight excluding hydrogens is 296 g/mol. The Morgan fingerprint density at radius 3 is 2.50 bits per heavy atom. The molecule has 4 aliphatic rings. The first-order chi connectivity index (χ1) is 11.4. The standard InChI is InChI=1S/C22H38O2/c1-5-15-7-9-19-17-8-6-14-13-22(3,23)20(24-4)12-18(14)16(17)10-11-21(15,19)2/h14-20,23H,5-13H2,1-4H3/t14-,15-,16-,17+,18-,19-,20-,21+,22-/m0/s1. The van der Waals surface area contributed by atoms with Crippen molar-refractivity contribution >= 4 is 0 Å². The Balaban J connectivity index is 1.56. The van der Waals surface area contributed by atoms with Crippen molar-refractivity contribution in [1.82, 2.24) is 0 Å². The minimum Gasteiger partial charge on any atom is -0.387 e. The smallest absolute Gasteiger partial charge is 0.0882 e. The molecule has 1 N–H and O–H groups in total. The van der Waals surface area contributed by atoms with Crippen LogP contribution >= 0.6 is 0 Å². The summed E-state index contributed by atoms with van der Waals surface area (Å²) in [5, 5.41) is 10.8. The van der Waals surface area contributed by atoms with E-state index in [1.807, 2.05) is 6.92 Å². The van der Waals surface area contributed by atoms with Gasteiger partial charge in [0.15, 0.2) is 0 Å². The fourth-order valence-corrected chi connectivity index (χ4v) is 8.15. The first-order valence-electron chi connectivity index (χ1n) is 10.7. The van der Waals surface area contributed by atoms with Gasteiger partial charge in [-0.3, -0.25) is 0 Å². The zero-order valence-corrected chi connectivity index (χ0v) is 16.3. The molecule has 4 saturated carbocycles. The van der Waals surface area contributed by atoms with Crippen molar-refractivity contribution < 1.29 is 9.84 Å². The van der Waals surface area contributed by atoms with E-state index in [4.69, 9.17) is 4.74 Å². The fraction of sp³-hybridized carbons (Fsp3) is 1.00. The van der Waals surface area contributed by atoms with E-state index in [1.165, 1.54) is 44.9 Å². The molecule has 0 amide bonds. The summed E-state index contributed by atoms with van der Waals surface area (Å²) in [4.78, 5) is 0. The molecule has 0 unspecified atom stereocenters. The molecule has 0 spiro atoms. The highest BCUT2D eigenvalue weighted by Gasteiger charge is 2.58. The van der Waals surface area contributed by atoms with Gasteiger partial charge < -0.3 is 9.84 Å². The molecule has 9 atom stereocenters. The quantitative estimate of drug-likeness (QED) is 0.766. The zero-order chi connectivity index (χ0) is 17.1. The second-order valence-corrected chi connectivity index (χ2v) is 10.2. The number of hydrogen-bond donors (Lipinski definition) is 1. The maximum absolute atomic E-state index is 10.8. The predicted octanol–water partition coefficient (Wildman–Crippen LogP) is 5.04. The fourth-order valence-electron chi connectivity index (χ4n) is 8.15. The lowest BCUT2D eigenvalue weighted by atomic mass is 9.48. The molecule has 0 aromatic rings. The summed E-state index contributed by atoms with van der Waals surface area (Å²) >= 11 is 0. The van der Waals surface area contributed by atoms with Crippen LogP contribution in [0.1, 0.15) is 78.6 Å². The number of methoxy groups -OCH3 is 1. The topological polar surface area (TPSA) is 29.5 Å². The number of fused-ring (bicyclic) bond motifs is 5. The Morgan fingerprint density at radius 2 is 1.79 bits per heavy atom. The predicted molar refractivity (Wildman–Crippen MR) is 97.7 cm³/mol. The Bertz CT molecular complexity index is 473. The molecule has 4 rings (SSSR count). The van der Waals surface area contributed by atoms with Crippen LogP contribution in [0.3, 0.4) is 0 Å². The molecule has 4 aliphatic carbocycles. The lowest BCUT2D eigenvalue weighted by Gasteiger charge is -2.58. The third kappa shape index (κ3) is 2.42. The van der Waals surface area contributed by atoms with E-state index in [2.05, 4.69) is 13.8 Å². The molecular formula is C22H38O2. The van der Waals surface area contributed by atoms with Gasteiger partial charge in [0.2, 0.25) is 0 Å². The molecule has 2 nitrogen and oxygen atoms in total. The minimum atomic E-state index is -0.618. The maximum Gasteiger partial charge on any atom is 0.0882 e. The summed E-state index contributed by atoms with van der Waals surface area (Å²) in [7, 11) is 1.79. The SMILES string of the molecule is CC[C@H]1CC[C@H]2[C@@H]3CC[C@H]4C[C@](C)(O)[C@@H](OC)C[C@@H]4[C@H]3CC[C@]12C. The summed E-state index contributed by atoms with van der Waals surface area (Å²) in [5.74, 6) is 5.36. The molecule has 4 fully saturated rings. The lowest BCUT2D eigenvalue weighted by Crippen LogP contribution is -2.55. The van der Waals surface area contributed by atoms with Gasteiger partial charge in [0.05, 0.1) is 11.7 Å². The third-order valence-electron chi connectivity index (χ3n) is 9.35. The van der Waals surface area contributed by atoms with Crippen molar-refractivity contribution in [2.24, 2.45) is 40.9 Å². The molecule has 0 radical (unpaired) electrons. The zero-order valence-electron chi connectivity index (χ0n) is 16.3. The summed E-state index contributed by atoms with van der Waals surface area (Å²) in [6.45, 7) is 7.04. The first-order valence-corrected chi connectivity index (χ1v) is 10.7. The number of rotatable bonds is 2. The number of hydrogen-bond acceptors (Lipinski definition) is 2. The minimum absolute atomic E-state index is 0.0396. The van der Waals surface area contributed by atoms with Gasteiger partial charge in [-0.2, -0.15) is 0 Å². The van der Waals surface area contributed by atoms with Crippen LogP contribution in [0.15, 0.2) is 0 Å². The van der Waals surface area contributed by atoms with Crippen molar-refractivity contribution in [3.63, 3.8) is 0 Å². The van der Waals surface area contributed by atoms with Crippen molar-refractivity contribution in [2.45, 2.75) is 90.3 Å². The van der Waals surface area contributed by atoms with Crippen LogP contribution in [0, 0.1) is 40.9 Å². The maximum atomic E-state index is 10.8. The van der Waals surface area contributed by atoms with E-state index in [1.54, 1.807) is 7.11 Å². The van der Waals surface area contributed by atoms with Gasteiger partial charge in [-0.1, -0.05) is 20.3 Å². The van der Waals surface area contributed by atoms with Crippen LogP contribution in [-0.4, -0.2) is 23.9 Å². The van der Waals surface area contributed by atoms with Gasteiger partial charge >= 0.3 is 0 Å². The Kier molecular flexibility index (Phi) is 4.32. The van der Waals surface area contributed by atoms with Crippen molar-refractivity contribution in [3.05, 3.63) is 0 Å². The van der Waals surface area contributed by atoms with E-state index < -0.39 is 5.60 Å². The Morgan fingerprint density at radius 1 is 1.00 bits per heavy atom. The molecule has 0 saturated heterocycles. The van der Waals surface area contributed by atoms with Crippen molar-refractivity contribution in [1.29, 1.82) is 0 Å². The van der Waals surface area contributed by atoms with Gasteiger partial charge in [-0.05, 0) is 99.2 Å². The van der Waals surface area contributed by atoms with E-state index in [0.717, 1.165) is 48.3 Å². The second-order valence-electron chi connectivity index (χ2n) is 10.2. The monoisotopic (exact) mass is 334 g/mol. The molecule has 0 heterocycles. The normalized spacial score (nSPS) is 57.1. The van der Waals surface area contributed by atoms with E-state index >= 15 is 0 Å². The van der Waals surface area contributed by atoms with Crippen molar-refractivity contribution in [2.75, 3.05) is 7.11 Å². The van der Waals surface area contributed by atoms with Gasteiger partial charge in [-0.25, -0.2) is 0 Å². The molecule has 0 aromatic heterocycles. The molecule has 0 aromatic carbocycles. The average molecular weight is 335 g/mol. The molecule has 0 bridgehead atoms. The summed E-state index contributed by atoms with van der Waals surface area (Å²) in [6, 6.07) is 0. The first kappa shape index (κ1) is 17.3. The Labute approximate surface area is 148 Å². The molecule has 24 heavy (non-hydrogen) atoms. The summed E-state index contributed by atoms with van der Waals surface area (Å²) in [6.07, 6.45) is 12.1. The average Bonchev–Trinajstić information content (AvgIpc) is 2.89. The van der Waals surface area contributed by atoms with Crippen LogP contribution in [0.2, 0.25) is 0 Å². The third-order valence-corrected chi connectivity index (χ3v) is 9.35. The number of aliphatic hydroxyl groups is 1. The van der Waals surface area contributed by atoms with E-state index in [9.17, 15) is 5.11 Å². The largest absolute Gasteiger partial charge is 0.387 e. The highest BCUT2D eigenvalue weighted by atomic mass is 16.5. The molecule has 138 valence electrons. The van der Waals surface area contributed by atoms with E-state index in [0.29, 0.717) is 5.41 Å². The highest BCUT2D eigenvalue weighted by Crippen LogP contribution is 2.65. The number of ether oxygens (including phenoxy) is 1. The van der Waals surface area contributed by atoms with E-state index in [-0.39, 0.29) is 6.10 Å². The van der Waals surface area contributed by atoms with Crippen LogP contribution in [0.25, 0.3) is 0 Å². The van der Waals surface area contributed by atoms with Gasteiger partial charge in [0, 0.05) is 7.11 Å². The van der Waals surface area contributed by atoms with Crippen LogP contribution < -0.4 is 0 Å². The van der Waals surface area contributed by atoms with Crippen LogP contribution in [0.4, 0.5) is 0 Å². The lowest BCUT2D eigenvalue weighted by molar-refractivity contribution is -0.164. The van der Waals surface area contributed by atoms with Crippen LogP contribution in [-0.2, 0) is 4.74 Å². The van der Waals surface area contributed by atoms with Crippen LogP contribution in [0.5, 0.6) is 0 Å². The van der Waals surface area contributed by atoms with Crippen molar-refractivity contribution in [3.8, 4) is 0 Å². The molecule has 0 aliphatic heterocycles. The van der Waals surface area contributed by atoms with Gasteiger partial charge in [0.25, 0.3) is 0 Å². The summed E-state index contributed by atoms with van der Waals surface area (Å²) < 4.78 is 5.73. The van der Waals surface area contributed by atoms with Gasteiger partial charge in [0.1, 0.15) is 0 Å².